The lowest BCUT2D eigenvalue weighted by molar-refractivity contribution is 0.135. The topological polar surface area (TPSA) is 50.8 Å². The van der Waals surface area contributed by atoms with Crippen molar-refractivity contribution in [3.05, 3.63) is 12.2 Å². The summed E-state index contributed by atoms with van der Waals surface area (Å²) < 4.78 is 5.47. The molecule has 1 N–H and O–H groups in total. The van der Waals surface area contributed by atoms with E-state index in [0.717, 1.165) is 38.3 Å². The van der Waals surface area contributed by atoms with Gasteiger partial charge in [-0.3, -0.25) is 5.10 Å². The smallest absolute Gasteiger partial charge is 0.150 e. The Balaban J connectivity index is 1.77. The van der Waals surface area contributed by atoms with Gasteiger partial charge in [0.2, 0.25) is 0 Å². The Morgan fingerprint density at radius 3 is 2.78 bits per heavy atom. The zero-order valence-corrected chi connectivity index (χ0v) is 11.2. The maximum absolute atomic E-state index is 5.47. The average Bonchev–Trinajstić information content (AvgIpc) is 2.89. The predicted octanol–water partition coefficient (Wildman–Crippen LogP) is 2.73. The van der Waals surface area contributed by atoms with Crippen LogP contribution in [0, 0.1) is 11.8 Å². The number of hydrogen-bond donors (Lipinski definition) is 1. The second-order valence-corrected chi connectivity index (χ2v) is 4.22. The summed E-state index contributed by atoms with van der Waals surface area (Å²) in [5, 5.41) is 6.76. The van der Waals surface area contributed by atoms with Gasteiger partial charge in [-0.1, -0.05) is 19.3 Å². The highest BCUT2D eigenvalue weighted by Crippen LogP contribution is 2.05. The zero-order chi connectivity index (χ0) is 12.9. The van der Waals surface area contributed by atoms with Crippen LogP contribution < -0.4 is 0 Å². The molecule has 0 bridgehead atoms. The van der Waals surface area contributed by atoms with E-state index in [4.69, 9.17) is 4.74 Å². The van der Waals surface area contributed by atoms with Crippen molar-refractivity contribution in [2.24, 2.45) is 0 Å². The summed E-state index contributed by atoms with van der Waals surface area (Å²) in [6, 6.07) is 0. The van der Waals surface area contributed by atoms with Gasteiger partial charge in [0.15, 0.2) is 0 Å². The van der Waals surface area contributed by atoms with Gasteiger partial charge in [-0.2, -0.15) is 5.10 Å². The van der Waals surface area contributed by atoms with Gasteiger partial charge in [-0.15, -0.1) is 11.8 Å². The first-order valence-corrected chi connectivity index (χ1v) is 6.75. The highest BCUT2D eigenvalue weighted by atomic mass is 16.5. The Kier molecular flexibility index (Phi) is 8.82. The molecule has 0 saturated carbocycles. The van der Waals surface area contributed by atoms with E-state index in [-0.39, 0.29) is 0 Å². The van der Waals surface area contributed by atoms with E-state index in [1.54, 1.807) is 6.33 Å². The molecule has 0 unspecified atom stereocenters. The molecule has 0 aliphatic carbocycles. The number of aromatic amines is 1. The third kappa shape index (κ3) is 7.86. The molecule has 0 spiro atoms. The van der Waals surface area contributed by atoms with Crippen LogP contribution >= 0.6 is 0 Å². The number of ether oxygens (including phenoxy) is 1. The van der Waals surface area contributed by atoms with E-state index in [2.05, 4.69) is 27.0 Å². The molecule has 1 aromatic heterocycles. The van der Waals surface area contributed by atoms with Crippen LogP contribution in [0.4, 0.5) is 0 Å². The number of nitrogens with zero attached hydrogens (tertiary/aromatic N) is 2. The van der Waals surface area contributed by atoms with Crippen LogP contribution in [0.15, 0.2) is 6.33 Å². The van der Waals surface area contributed by atoms with Crippen molar-refractivity contribution in [2.45, 2.75) is 51.9 Å². The fourth-order valence-electron chi connectivity index (χ4n) is 1.72. The van der Waals surface area contributed by atoms with Gasteiger partial charge in [0.1, 0.15) is 12.2 Å². The van der Waals surface area contributed by atoms with Gasteiger partial charge in [-0.25, -0.2) is 4.98 Å². The summed E-state index contributed by atoms with van der Waals surface area (Å²) in [6.45, 7) is 3.50. The van der Waals surface area contributed by atoms with Gasteiger partial charge in [0.05, 0.1) is 6.61 Å². The Labute approximate surface area is 110 Å². The first kappa shape index (κ1) is 14.7. The van der Waals surface area contributed by atoms with Crippen LogP contribution in [0.3, 0.4) is 0 Å². The molecule has 18 heavy (non-hydrogen) atoms. The fourth-order valence-corrected chi connectivity index (χ4v) is 1.72. The van der Waals surface area contributed by atoms with Crippen LogP contribution in [0.1, 0.15) is 51.3 Å². The number of unbranched alkanes of at least 4 members (excludes halogenated alkanes) is 4. The molecule has 0 radical (unpaired) electrons. The molecule has 0 atom stereocenters. The summed E-state index contributed by atoms with van der Waals surface area (Å²) in [5.41, 5.74) is 0. The van der Waals surface area contributed by atoms with Crippen molar-refractivity contribution in [3.8, 4) is 11.8 Å². The molecule has 0 aliphatic heterocycles. The van der Waals surface area contributed by atoms with E-state index < -0.39 is 0 Å². The van der Waals surface area contributed by atoms with Gasteiger partial charge in [0.25, 0.3) is 0 Å². The van der Waals surface area contributed by atoms with Gasteiger partial charge >= 0.3 is 0 Å². The highest BCUT2D eigenvalue weighted by molar-refractivity contribution is 4.94. The first-order valence-electron chi connectivity index (χ1n) is 6.75. The Hall–Kier alpha value is -1.34. The molecule has 0 saturated heterocycles. The number of nitrogens with one attached hydrogen (secondary N) is 1. The van der Waals surface area contributed by atoms with Crippen molar-refractivity contribution < 1.29 is 4.74 Å². The number of H-pyrrole nitrogens is 1. The minimum absolute atomic E-state index is 0.770. The first-order chi connectivity index (χ1) is 8.93. The molecule has 4 nitrogen and oxygen atoms in total. The Morgan fingerprint density at radius 1 is 1.17 bits per heavy atom. The van der Waals surface area contributed by atoms with Gasteiger partial charge in [-0.05, 0) is 19.8 Å². The minimum Gasteiger partial charge on any atom is -0.380 e. The summed E-state index contributed by atoms with van der Waals surface area (Å²) in [4.78, 5) is 4.10. The molecule has 1 rings (SSSR count). The second-order valence-electron chi connectivity index (χ2n) is 4.22. The van der Waals surface area contributed by atoms with Gasteiger partial charge in [0, 0.05) is 19.4 Å². The molecule has 0 aliphatic rings. The quantitative estimate of drug-likeness (QED) is 0.512. The number of aryl methyl sites for hydroxylation is 1. The SMILES string of the molecule is CC#CCCOCCCCCCCc1nc[nH]n1. The number of rotatable bonds is 10. The van der Waals surface area contributed by atoms with E-state index in [1.165, 1.54) is 25.7 Å². The summed E-state index contributed by atoms with van der Waals surface area (Å²) >= 11 is 0. The van der Waals surface area contributed by atoms with Crippen LogP contribution in [-0.2, 0) is 11.2 Å². The average molecular weight is 249 g/mol. The van der Waals surface area contributed by atoms with Crippen LogP contribution in [0.5, 0.6) is 0 Å². The van der Waals surface area contributed by atoms with E-state index in [0.29, 0.717) is 0 Å². The summed E-state index contributed by atoms with van der Waals surface area (Å²) in [6.07, 6.45) is 9.55. The molecule has 0 amide bonds. The maximum atomic E-state index is 5.47. The summed E-state index contributed by atoms with van der Waals surface area (Å²) in [7, 11) is 0. The standard InChI is InChI=1S/C14H23N3O/c1-2-3-8-11-18-12-9-6-4-5-7-10-14-15-13-16-17-14/h13H,4-12H2,1H3,(H,15,16,17). The Bertz CT molecular complexity index is 338. The fraction of sp³-hybridized carbons (Fsp3) is 0.714. The number of aromatic nitrogens is 3. The van der Waals surface area contributed by atoms with E-state index in [9.17, 15) is 0 Å². The van der Waals surface area contributed by atoms with Crippen molar-refractivity contribution >= 4 is 0 Å². The molecule has 1 heterocycles. The molecular weight excluding hydrogens is 226 g/mol. The van der Waals surface area contributed by atoms with Gasteiger partial charge < -0.3 is 4.74 Å². The van der Waals surface area contributed by atoms with Crippen molar-refractivity contribution in [2.75, 3.05) is 13.2 Å². The predicted molar refractivity (Wildman–Crippen MR) is 72.1 cm³/mol. The van der Waals surface area contributed by atoms with Crippen molar-refractivity contribution in [1.82, 2.24) is 15.2 Å². The lowest BCUT2D eigenvalue weighted by atomic mass is 10.1. The molecule has 100 valence electrons. The van der Waals surface area contributed by atoms with Crippen LogP contribution in [0.2, 0.25) is 0 Å². The monoisotopic (exact) mass is 249 g/mol. The molecule has 0 fully saturated rings. The number of hydrogen-bond acceptors (Lipinski definition) is 3. The molecule has 0 aromatic carbocycles. The van der Waals surface area contributed by atoms with Crippen LogP contribution in [0.25, 0.3) is 0 Å². The third-order valence-corrected chi connectivity index (χ3v) is 2.70. The van der Waals surface area contributed by atoms with Crippen molar-refractivity contribution in [1.29, 1.82) is 0 Å². The lowest BCUT2D eigenvalue weighted by Crippen LogP contribution is -1.96. The highest BCUT2D eigenvalue weighted by Gasteiger charge is 1.96. The lowest BCUT2D eigenvalue weighted by Gasteiger charge is -2.02. The van der Waals surface area contributed by atoms with Crippen LogP contribution in [-0.4, -0.2) is 28.4 Å². The van der Waals surface area contributed by atoms with Crippen molar-refractivity contribution in [3.63, 3.8) is 0 Å². The molecule has 1 aromatic rings. The second kappa shape index (κ2) is 10.8. The minimum atomic E-state index is 0.770. The Morgan fingerprint density at radius 2 is 2.00 bits per heavy atom. The summed E-state index contributed by atoms with van der Waals surface area (Å²) in [5.74, 6) is 6.78. The van der Waals surface area contributed by atoms with E-state index >= 15 is 0 Å². The largest absolute Gasteiger partial charge is 0.380 e. The van der Waals surface area contributed by atoms with E-state index in [1.807, 2.05) is 6.92 Å². The maximum Gasteiger partial charge on any atom is 0.150 e. The molecular formula is C14H23N3O. The molecule has 4 heteroatoms. The normalized spacial score (nSPS) is 10.1. The third-order valence-electron chi connectivity index (χ3n) is 2.70. The zero-order valence-electron chi connectivity index (χ0n) is 11.2.